The first kappa shape index (κ1) is 20.5. The minimum atomic E-state index is 0.470. The number of aryl methyl sites for hydroxylation is 1. The Morgan fingerprint density at radius 3 is 2.68 bits per heavy atom. The molecule has 160 valence electrons. The Labute approximate surface area is 179 Å². The Kier molecular flexibility index (Phi) is 5.94. The molecule has 0 spiro atoms. The van der Waals surface area contributed by atoms with Crippen molar-refractivity contribution in [2.45, 2.75) is 20.0 Å². The maximum Gasteiger partial charge on any atom is 0.241 e. The molecule has 3 aromatic heterocycles. The molecular formula is C22H23N5O4. The second-order valence-electron chi connectivity index (χ2n) is 7.01. The zero-order valence-electron chi connectivity index (χ0n) is 17.8. The van der Waals surface area contributed by atoms with Crippen LogP contribution in [0.5, 0.6) is 11.5 Å². The third-order valence-electron chi connectivity index (χ3n) is 4.74. The summed E-state index contributed by atoms with van der Waals surface area (Å²) in [5, 5.41) is 4.03. The molecule has 0 unspecified atom stereocenters. The first-order valence-corrected chi connectivity index (χ1v) is 9.67. The SMILES string of the molecule is COc1ccc(OC)c(-c2nc(CN(C)Cc3nc(-c4cccnc4)no3)c(C)o2)c1. The molecule has 9 heteroatoms. The Balaban J connectivity index is 1.48. The quantitative estimate of drug-likeness (QED) is 0.421. The average Bonchev–Trinajstić information content (AvgIpc) is 3.40. The summed E-state index contributed by atoms with van der Waals surface area (Å²) in [6, 6.07) is 9.22. The van der Waals surface area contributed by atoms with Crippen molar-refractivity contribution in [1.29, 1.82) is 0 Å². The van der Waals surface area contributed by atoms with Crippen LogP contribution >= 0.6 is 0 Å². The van der Waals surface area contributed by atoms with Gasteiger partial charge >= 0.3 is 0 Å². The van der Waals surface area contributed by atoms with Gasteiger partial charge in [0.1, 0.15) is 17.3 Å². The Morgan fingerprint density at radius 2 is 1.94 bits per heavy atom. The van der Waals surface area contributed by atoms with Gasteiger partial charge in [0.25, 0.3) is 0 Å². The van der Waals surface area contributed by atoms with Crippen LogP contribution in [0.2, 0.25) is 0 Å². The molecule has 0 atom stereocenters. The lowest BCUT2D eigenvalue weighted by atomic mass is 10.2. The predicted octanol–water partition coefficient (Wildman–Crippen LogP) is 3.74. The van der Waals surface area contributed by atoms with Crippen molar-refractivity contribution >= 4 is 0 Å². The zero-order valence-corrected chi connectivity index (χ0v) is 17.8. The van der Waals surface area contributed by atoms with Crippen molar-refractivity contribution in [2.75, 3.05) is 21.3 Å². The van der Waals surface area contributed by atoms with E-state index in [1.807, 2.05) is 49.2 Å². The number of nitrogens with zero attached hydrogens (tertiary/aromatic N) is 5. The lowest BCUT2D eigenvalue weighted by Gasteiger charge is -2.12. The monoisotopic (exact) mass is 421 g/mol. The number of pyridine rings is 1. The number of hydrogen-bond donors (Lipinski definition) is 0. The predicted molar refractivity (Wildman–Crippen MR) is 112 cm³/mol. The molecule has 0 fully saturated rings. The van der Waals surface area contributed by atoms with Crippen LogP contribution in [0.1, 0.15) is 17.3 Å². The summed E-state index contributed by atoms with van der Waals surface area (Å²) in [5.41, 5.74) is 2.36. The Bertz CT molecular complexity index is 1160. The first-order chi connectivity index (χ1) is 15.1. The van der Waals surface area contributed by atoms with E-state index in [-0.39, 0.29) is 0 Å². The number of rotatable bonds is 8. The van der Waals surface area contributed by atoms with Gasteiger partial charge in [0.15, 0.2) is 0 Å². The molecule has 0 saturated carbocycles. The highest BCUT2D eigenvalue weighted by atomic mass is 16.5. The molecular weight excluding hydrogens is 398 g/mol. The second kappa shape index (κ2) is 8.97. The van der Waals surface area contributed by atoms with Crippen LogP contribution in [0.25, 0.3) is 22.8 Å². The molecule has 4 aromatic rings. The highest BCUT2D eigenvalue weighted by molar-refractivity contribution is 5.65. The van der Waals surface area contributed by atoms with Crippen molar-refractivity contribution in [2.24, 2.45) is 0 Å². The molecule has 31 heavy (non-hydrogen) atoms. The van der Waals surface area contributed by atoms with Crippen LogP contribution in [-0.4, -0.2) is 46.3 Å². The summed E-state index contributed by atoms with van der Waals surface area (Å²) in [6.07, 6.45) is 3.40. The fraction of sp³-hybridized carbons (Fsp3) is 0.273. The molecule has 0 saturated heterocycles. The van der Waals surface area contributed by atoms with E-state index < -0.39 is 0 Å². The maximum atomic E-state index is 5.92. The van der Waals surface area contributed by atoms with E-state index in [0.29, 0.717) is 42.2 Å². The fourth-order valence-electron chi connectivity index (χ4n) is 3.14. The molecule has 0 N–H and O–H groups in total. The summed E-state index contributed by atoms with van der Waals surface area (Å²) >= 11 is 0. The van der Waals surface area contributed by atoms with E-state index in [4.69, 9.17) is 18.4 Å². The van der Waals surface area contributed by atoms with E-state index >= 15 is 0 Å². The van der Waals surface area contributed by atoms with Crippen LogP contribution in [0, 0.1) is 6.92 Å². The maximum absolute atomic E-state index is 5.92. The van der Waals surface area contributed by atoms with E-state index in [0.717, 1.165) is 22.6 Å². The van der Waals surface area contributed by atoms with Crippen molar-refractivity contribution in [3.8, 4) is 34.3 Å². The number of ether oxygens (including phenoxy) is 2. The van der Waals surface area contributed by atoms with Crippen LogP contribution in [0.4, 0.5) is 0 Å². The summed E-state index contributed by atoms with van der Waals surface area (Å²) in [7, 11) is 5.18. The highest BCUT2D eigenvalue weighted by Crippen LogP contribution is 2.34. The van der Waals surface area contributed by atoms with E-state index in [1.165, 1.54) is 0 Å². The van der Waals surface area contributed by atoms with Gasteiger partial charge in [-0.15, -0.1) is 0 Å². The van der Waals surface area contributed by atoms with Gasteiger partial charge < -0.3 is 18.4 Å². The average molecular weight is 421 g/mol. The number of methoxy groups -OCH3 is 2. The van der Waals surface area contributed by atoms with Crippen molar-refractivity contribution < 1.29 is 18.4 Å². The van der Waals surface area contributed by atoms with Gasteiger partial charge in [0.2, 0.25) is 17.6 Å². The topological polar surface area (TPSA) is 99.5 Å². The molecule has 9 nitrogen and oxygen atoms in total. The van der Waals surface area contributed by atoms with Crippen LogP contribution in [0.15, 0.2) is 51.7 Å². The Morgan fingerprint density at radius 1 is 1.06 bits per heavy atom. The van der Waals surface area contributed by atoms with Gasteiger partial charge in [-0.2, -0.15) is 4.98 Å². The molecule has 0 amide bonds. The van der Waals surface area contributed by atoms with Gasteiger partial charge in [-0.05, 0) is 44.3 Å². The van der Waals surface area contributed by atoms with E-state index in [1.54, 1.807) is 26.6 Å². The molecule has 1 aromatic carbocycles. The van der Waals surface area contributed by atoms with Gasteiger partial charge in [-0.25, -0.2) is 4.98 Å². The highest BCUT2D eigenvalue weighted by Gasteiger charge is 2.18. The summed E-state index contributed by atoms with van der Waals surface area (Å²) in [6.45, 7) is 2.91. The lowest BCUT2D eigenvalue weighted by molar-refractivity contribution is 0.258. The summed E-state index contributed by atoms with van der Waals surface area (Å²) < 4.78 is 22.1. The van der Waals surface area contributed by atoms with Gasteiger partial charge in [0, 0.05) is 24.5 Å². The lowest BCUT2D eigenvalue weighted by Crippen LogP contribution is -2.18. The molecule has 3 heterocycles. The molecule has 0 radical (unpaired) electrons. The molecule has 4 rings (SSSR count). The summed E-state index contributed by atoms with van der Waals surface area (Å²) in [4.78, 5) is 15.2. The Hall–Kier alpha value is -3.72. The standard InChI is InChI=1S/C22H23N5O4/c1-14-18(24-22(30-14)17-10-16(28-3)7-8-19(17)29-4)12-27(2)13-20-25-21(26-31-20)15-6-5-9-23-11-15/h5-11H,12-13H2,1-4H3. The van der Waals surface area contributed by atoms with E-state index in [9.17, 15) is 0 Å². The van der Waals surface area contributed by atoms with Crippen molar-refractivity contribution in [3.63, 3.8) is 0 Å². The fourth-order valence-corrected chi connectivity index (χ4v) is 3.14. The van der Waals surface area contributed by atoms with Gasteiger partial charge in [-0.1, -0.05) is 5.16 Å². The minimum Gasteiger partial charge on any atom is -0.497 e. The first-order valence-electron chi connectivity index (χ1n) is 9.67. The van der Waals surface area contributed by atoms with Gasteiger partial charge in [0.05, 0.1) is 32.0 Å². The third kappa shape index (κ3) is 4.56. The largest absolute Gasteiger partial charge is 0.497 e. The number of benzene rings is 1. The van der Waals surface area contributed by atoms with E-state index in [2.05, 4.69) is 20.1 Å². The molecule has 0 aliphatic carbocycles. The zero-order chi connectivity index (χ0) is 21.8. The summed E-state index contributed by atoms with van der Waals surface area (Å²) in [5.74, 6) is 3.60. The number of aromatic nitrogens is 4. The van der Waals surface area contributed by atoms with Crippen LogP contribution < -0.4 is 9.47 Å². The second-order valence-corrected chi connectivity index (χ2v) is 7.01. The molecule has 0 aliphatic heterocycles. The molecule has 0 aliphatic rings. The third-order valence-corrected chi connectivity index (χ3v) is 4.74. The van der Waals surface area contributed by atoms with Crippen molar-refractivity contribution in [1.82, 2.24) is 25.0 Å². The number of hydrogen-bond acceptors (Lipinski definition) is 9. The number of oxazole rings is 1. The molecule has 0 bridgehead atoms. The van der Waals surface area contributed by atoms with Gasteiger partial charge in [-0.3, -0.25) is 9.88 Å². The van der Waals surface area contributed by atoms with Crippen molar-refractivity contribution in [3.05, 3.63) is 60.1 Å². The van der Waals surface area contributed by atoms with Crippen LogP contribution in [0.3, 0.4) is 0 Å². The van der Waals surface area contributed by atoms with Crippen LogP contribution in [-0.2, 0) is 13.1 Å². The normalized spacial score (nSPS) is 11.1. The smallest absolute Gasteiger partial charge is 0.241 e. The minimum absolute atomic E-state index is 0.470.